The molecule has 0 aliphatic carbocycles. The molecule has 0 atom stereocenters. The summed E-state index contributed by atoms with van der Waals surface area (Å²) >= 11 is 5.96. The van der Waals surface area contributed by atoms with Gasteiger partial charge < -0.3 is 15.8 Å². The van der Waals surface area contributed by atoms with Gasteiger partial charge in [0.05, 0.1) is 13.2 Å². The van der Waals surface area contributed by atoms with Crippen molar-refractivity contribution in [2.75, 3.05) is 13.2 Å². The van der Waals surface area contributed by atoms with Crippen LogP contribution in [0.1, 0.15) is 32.8 Å². The topological polar surface area (TPSA) is 59.6 Å². The van der Waals surface area contributed by atoms with Crippen LogP contribution in [0.15, 0.2) is 23.2 Å². The number of halogens is 1. The van der Waals surface area contributed by atoms with Crippen LogP contribution in [0.5, 0.6) is 5.75 Å². The average Bonchev–Trinajstić information content (AvgIpc) is 2.37. The van der Waals surface area contributed by atoms with Gasteiger partial charge in [0.1, 0.15) is 5.75 Å². The second kappa shape index (κ2) is 8.69. The molecule has 112 valence electrons. The summed E-state index contributed by atoms with van der Waals surface area (Å²) < 4.78 is 5.55. The van der Waals surface area contributed by atoms with Crippen LogP contribution in [0.25, 0.3) is 0 Å². The molecule has 3 N–H and O–H groups in total. The molecule has 0 saturated carbocycles. The van der Waals surface area contributed by atoms with Crippen molar-refractivity contribution < 1.29 is 4.74 Å². The highest BCUT2D eigenvalue weighted by Crippen LogP contribution is 2.24. The minimum atomic E-state index is 0.461. The molecule has 5 heteroatoms. The molecule has 1 aromatic carbocycles. The first-order valence-electron chi connectivity index (χ1n) is 6.98. The Balaban J connectivity index is 2.59. The zero-order valence-electron chi connectivity index (χ0n) is 12.4. The molecular formula is C15H24ClN3O. The van der Waals surface area contributed by atoms with Crippen LogP contribution in [-0.2, 0) is 6.54 Å². The fraction of sp³-hybridized carbons (Fsp3) is 0.533. The van der Waals surface area contributed by atoms with Gasteiger partial charge in [0.15, 0.2) is 5.96 Å². The largest absolute Gasteiger partial charge is 0.493 e. The molecule has 0 aromatic heterocycles. The van der Waals surface area contributed by atoms with E-state index in [0.29, 0.717) is 30.1 Å². The van der Waals surface area contributed by atoms with Crippen molar-refractivity contribution >= 4 is 17.6 Å². The zero-order chi connectivity index (χ0) is 15.0. The molecule has 0 saturated heterocycles. The van der Waals surface area contributed by atoms with E-state index >= 15 is 0 Å². The third-order valence-corrected chi connectivity index (χ3v) is 3.01. The first-order valence-corrected chi connectivity index (χ1v) is 7.35. The molecular weight excluding hydrogens is 274 g/mol. The fourth-order valence-corrected chi connectivity index (χ4v) is 1.83. The number of nitrogens with two attached hydrogens (primary N) is 1. The SMILES string of the molecule is CCOc1cc(Cl)ccc1CN=C(N)NCCC(C)C. The summed E-state index contributed by atoms with van der Waals surface area (Å²) in [5.41, 5.74) is 6.81. The zero-order valence-corrected chi connectivity index (χ0v) is 13.2. The van der Waals surface area contributed by atoms with Crippen LogP contribution in [0.2, 0.25) is 5.02 Å². The molecule has 1 rings (SSSR count). The highest BCUT2D eigenvalue weighted by molar-refractivity contribution is 6.30. The van der Waals surface area contributed by atoms with Gasteiger partial charge in [-0.15, -0.1) is 0 Å². The number of hydrogen-bond donors (Lipinski definition) is 2. The number of ether oxygens (including phenoxy) is 1. The molecule has 0 radical (unpaired) electrons. The molecule has 0 aliphatic heterocycles. The second-order valence-corrected chi connectivity index (χ2v) is 5.43. The summed E-state index contributed by atoms with van der Waals surface area (Å²) in [6.07, 6.45) is 1.07. The molecule has 0 amide bonds. The smallest absolute Gasteiger partial charge is 0.188 e. The molecule has 0 fully saturated rings. The van der Waals surface area contributed by atoms with Crippen molar-refractivity contribution in [1.82, 2.24) is 5.32 Å². The lowest BCUT2D eigenvalue weighted by molar-refractivity contribution is 0.336. The van der Waals surface area contributed by atoms with Crippen molar-refractivity contribution in [3.05, 3.63) is 28.8 Å². The van der Waals surface area contributed by atoms with Gasteiger partial charge in [-0.1, -0.05) is 31.5 Å². The first-order chi connectivity index (χ1) is 9.52. The van der Waals surface area contributed by atoms with Gasteiger partial charge >= 0.3 is 0 Å². The predicted molar refractivity (Wildman–Crippen MR) is 85.4 cm³/mol. The Hall–Kier alpha value is -1.42. The third kappa shape index (κ3) is 6.15. The quantitative estimate of drug-likeness (QED) is 0.600. The lowest BCUT2D eigenvalue weighted by Crippen LogP contribution is -2.32. The van der Waals surface area contributed by atoms with Gasteiger partial charge in [-0.05, 0) is 31.4 Å². The summed E-state index contributed by atoms with van der Waals surface area (Å²) in [7, 11) is 0. The Morgan fingerprint density at radius 1 is 1.45 bits per heavy atom. The molecule has 0 heterocycles. The summed E-state index contributed by atoms with van der Waals surface area (Å²) in [4.78, 5) is 4.32. The van der Waals surface area contributed by atoms with Crippen molar-refractivity contribution in [2.24, 2.45) is 16.6 Å². The minimum Gasteiger partial charge on any atom is -0.493 e. The number of rotatable bonds is 7. The van der Waals surface area contributed by atoms with Crippen LogP contribution in [0.3, 0.4) is 0 Å². The summed E-state index contributed by atoms with van der Waals surface area (Å²) in [6.45, 7) is 8.21. The van der Waals surface area contributed by atoms with E-state index in [-0.39, 0.29) is 0 Å². The maximum absolute atomic E-state index is 5.96. The van der Waals surface area contributed by atoms with Crippen molar-refractivity contribution in [3.8, 4) is 5.75 Å². The summed E-state index contributed by atoms with van der Waals surface area (Å²) in [5.74, 6) is 1.87. The molecule has 0 bridgehead atoms. The predicted octanol–water partition coefficient (Wildman–Crippen LogP) is 3.19. The van der Waals surface area contributed by atoms with Gasteiger partial charge in [-0.3, -0.25) is 0 Å². The number of aliphatic imine (C=N–C) groups is 1. The maximum Gasteiger partial charge on any atom is 0.188 e. The third-order valence-electron chi connectivity index (χ3n) is 2.78. The lowest BCUT2D eigenvalue weighted by atomic mass is 10.1. The van der Waals surface area contributed by atoms with Gasteiger partial charge in [0, 0.05) is 17.1 Å². The van der Waals surface area contributed by atoms with E-state index in [1.807, 2.05) is 19.1 Å². The van der Waals surface area contributed by atoms with E-state index in [0.717, 1.165) is 24.3 Å². The Labute approximate surface area is 126 Å². The Bertz CT molecular complexity index is 447. The highest BCUT2D eigenvalue weighted by Gasteiger charge is 2.04. The standard InChI is InChI=1S/C15H24ClN3O/c1-4-20-14-9-13(16)6-5-12(14)10-19-15(17)18-8-7-11(2)3/h5-6,9,11H,4,7-8,10H2,1-3H3,(H3,17,18,19). The van der Waals surface area contributed by atoms with Crippen LogP contribution in [0, 0.1) is 5.92 Å². The van der Waals surface area contributed by atoms with Crippen molar-refractivity contribution in [3.63, 3.8) is 0 Å². The molecule has 4 nitrogen and oxygen atoms in total. The van der Waals surface area contributed by atoms with E-state index < -0.39 is 0 Å². The molecule has 1 aromatic rings. The molecule has 20 heavy (non-hydrogen) atoms. The average molecular weight is 298 g/mol. The van der Waals surface area contributed by atoms with E-state index in [9.17, 15) is 0 Å². The number of nitrogens with one attached hydrogen (secondary N) is 1. The lowest BCUT2D eigenvalue weighted by Gasteiger charge is -2.10. The van der Waals surface area contributed by atoms with Gasteiger partial charge in [-0.2, -0.15) is 0 Å². The van der Waals surface area contributed by atoms with Crippen LogP contribution < -0.4 is 15.8 Å². The molecule has 0 unspecified atom stereocenters. The minimum absolute atomic E-state index is 0.461. The first kappa shape index (κ1) is 16.6. The number of guanidine groups is 1. The van der Waals surface area contributed by atoms with E-state index in [1.165, 1.54) is 0 Å². The number of hydrogen-bond acceptors (Lipinski definition) is 2. The van der Waals surface area contributed by atoms with Crippen molar-refractivity contribution in [1.29, 1.82) is 0 Å². The Morgan fingerprint density at radius 3 is 2.85 bits per heavy atom. The second-order valence-electron chi connectivity index (χ2n) is 5.00. The Morgan fingerprint density at radius 2 is 2.20 bits per heavy atom. The van der Waals surface area contributed by atoms with Gasteiger partial charge in [-0.25, -0.2) is 4.99 Å². The molecule has 0 spiro atoms. The van der Waals surface area contributed by atoms with Gasteiger partial charge in [0.25, 0.3) is 0 Å². The summed E-state index contributed by atoms with van der Waals surface area (Å²) in [6, 6.07) is 5.55. The van der Waals surface area contributed by atoms with Crippen LogP contribution in [0.4, 0.5) is 0 Å². The monoisotopic (exact) mass is 297 g/mol. The number of nitrogens with zero attached hydrogens (tertiary/aromatic N) is 1. The van der Waals surface area contributed by atoms with E-state index in [2.05, 4.69) is 24.2 Å². The van der Waals surface area contributed by atoms with Gasteiger partial charge in [0.2, 0.25) is 0 Å². The maximum atomic E-state index is 5.96. The van der Waals surface area contributed by atoms with Crippen molar-refractivity contribution in [2.45, 2.75) is 33.7 Å². The number of benzene rings is 1. The summed E-state index contributed by atoms with van der Waals surface area (Å²) in [5, 5.41) is 3.76. The van der Waals surface area contributed by atoms with E-state index in [4.69, 9.17) is 22.1 Å². The van der Waals surface area contributed by atoms with E-state index in [1.54, 1.807) is 6.07 Å². The Kier molecular flexibility index (Phi) is 7.23. The molecule has 0 aliphatic rings. The van der Waals surface area contributed by atoms with Crippen LogP contribution in [-0.4, -0.2) is 19.1 Å². The highest BCUT2D eigenvalue weighted by atomic mass is 35.5. The van der Waals surface area contributed by atoms with Crippen LogP contribution >= 0.6 is 11.6 Å². The fourth-order valence-electron chi connectivity index (χ4n) is 1.66. The normalized spacial score (nSPS) is 11.8.